The lowest BCUT2D eigenvalue weighted by atomic mass is 9.85. The van der Waals surface area contributed by atoms with E-state index in [2.05, 4.69) is 11.9 Å². The van der Waals surface area contributed by atoms with Crippen molar-refractivity contribution in [2.24, 2.45) is 11.3 Å². The first-order valence-corrected chi connectivity index (χ1v) is 7.34. The highest BCUT2D eigenvalue weighted by Crippen LogP contribution is 2.38. The first-order chi connectivity index (χ1) is 9.25. The molecule has 3 unspecified atom stereocenters. The lowest BCUT2D eigenvalue weighted by Gasteiger charge is -2.28. The number of carbonyl (C=O) groups excluding carboxylic acids is 2. The molecule has 4 heteroatoms. The number of Topliss-reactive ketones (excluding diaryl/α,β-unsaturated/α-hetero) is 1. The minimum atomic E-state index is -0.507. The van der Waals surface area contributed by atoms with Crippen molar-refractivity contribution < 1.29 is 14.3 Å². The predicted octanol–water partition coefficient (Wildman–Crippen LogP) is 3.46. The van der Waals surface area contributed by atoms with E-state index in [1.807, 2.05) is 26.8 Å². The number of ketones is 1. The summed E-state index contributed by atoms with van der Waals surface area (Å²) in [6.45, 7) is 11.0. The number of hydrogen-bond donors (Lipinski definition) is 1. The first-order valence-electron chi connectivity index (χ1n) is 7.34. The predicted molar refractivity (Wildman–Crippen MR) is 79.5 cm³/mol. The van der Waals surface area contributed by atoms with E-state index in [1.165, 1.54) is 6.92 Å². The van der Waals surface area contributed by atoms with Crippen molar-refractivity contribution >= 4 is 11.9 Å². The number of amides is 1. The highest BCUT2D eigenvalue weighted by molar-refractivity contribution is 5.86. The third kappa shape index (κ3) is 5.35. The molecule has 0 aromatic heterocycles. The summed E-state index contributed by atoms with van der Waals surface area (Å²) < 4.78 is 5.35. The first kappa shape index (κ1) is 16.7. The van der Waals surface area contributed by atoms with Gasteiger partial charge in [-0.25, -0.2) is 4.79 Å². The van der Waals surface area contributed by atoms with Crippen LogP contribution < -0.4 is 5.32 Å². The molecule has 0 aliphatic heterocycles. The Balaban J connectivity index is 2.34. The summed E-state index contributed by atoms with van der Waals surface area (Å²) in [5, 5.41) is 2.69. The fraction of sp³-hybridized carbons (Fsp3) is 0.750. The average molecular weight is 281 g/mol. The van der Waals surface area contributed by atoms with Crippen LogP contribution in [0.15, 0.2) is 12.7 Å². The minimum absolute atomic E-state index is 0.0207. The average Bonchev–Trinajstić information content (AvgIpc) is 3.03. The minimum Gasteiger partial charge on any atom is -0.446 e. The summed E-state index contributed by atoms with van der Waals surface area (Å²) in [6, 6.07) is -0.507. The highest BCUT2D eigenvalue weighted by Gasteiger charge is 2.41. The third-order valence-electron chi connectivity index (χ3n) is 3.63. The molecule has 0 aromatic carbocycles. The van der Waals surface area contributed by atoms with Crippen molar-refractivity contribution in [1.82, 2.24) is 5.32 Å². The van der Waals surface area contributed by atoms with Crippen LogP contribution in [0.3, 0.4) is 0 Å². The van der Waals surface area contributed by atoms with Gasteiger partial charge in [0.05, 0.1) is 6.04 Å². The van der Waals surface area contributed by atoms with Gasteiger partial charge in [0.1, 0.15) is 6.10 Å². The summed E-state index contributed by atoms with van der Waals surface area (Å²) in [6.07, 6.45) is 5.55. The van der Waals surface area contributed by atoms with Gasteiger partial charge in [-0.3, -0.25) is 4.79 Å². The van der Waals surface area contributed by atoms with Gasteiger partial charge in [-0.2, -0.15) is 0 Å². The molecule has 0 radical (unpaired) electrons. The highest BCUT2D eigenvalue weighted by atomic mass is 16.6. The Bertz CT molecular complexity index is 370. The Morgan fingerprint density at radius 3 is 2.60 bits per heavy atom. The quantitative estimate of drug-likeness (QED) is 0.574. The Kier molecular flexibility index (Phi) is 5.78. The number of unbranched alkanes of at least 4 members (excludes halogenated alkanes) is 1. The monoisotopic (exact) mass is 281 g/mol. The van der Waals surface area contributed by atoms with E-state index in [0.717, 1.165) is 25.7 Å². The van der Waals surface area contributed by atoms with Crippen LogP contribution in [-0.4, -0.2) is 24.0 Å². The van der Waals surface area contributed by atoms with E-state index in [4.69, 9.17) is 4.74 Å². The van der Waals surface area contributed by atoms with Gasteiger partial charge in [-0.15, -0.1) is 6.58 Å². The molecule has 1 aliphatic rings. The zero-order valence-corrected chi connectivity index (χ0v) is 13.1. The van der Waals surface area contributed by atoms with Crippen LogP contribution in [0, 0.1) is 11.3 Å². The molecule has 1 aliphatic carbocycles. The van der Waals surface area contributed by atoms with Crippen molar-refractivity contribution in [3.8, 4) is 0 Å². The van der Waals surface area contributed by atoms with Gasteiger partial charge in [0.25, 0.3) is 0 Å². The van der Waals surface area contributed by atoms with Crippen LogP contribution in [0.1, 0.15) is 53.4 Å². The van der Waals surface area contributed by atoms with Crippen LogP contribution in [0.4, 0.5) is 4.79 Å². The second kappa shape index (κ2) is 6.91. The molecular formula is C16H27NO3. The van der Waals surface area contributed by atoms with E-state index >= 15 is 0 Å². The molecule has 1 rings (SSSR count). The van der Waals surface area contributed by atoms with Gasteiger partial charge >= 0.3 is 6.09 Å². The van der Waals surface area contributed by atoms with Crippen molar-refractivity contribution in [3.05, 3.63) is 12.7 Å². The number of carbonyl (C=O) groups is 2. The molecule has 20 heavy (non-hydrogen) atoms. The molecule has 1 saturated carbocycles. The fourth-order valence-electron chi connectivity index (χ4n) is 2.41. The van der Waals surface area contributed by atoms with Crippen molar-refractivity contribution in [2.75, 3.05) is 0 Å². The number of hydrogen-bond acceptors (Lipinski definition) is 3. The summed E-state index contributed by atoms with van der Waals surface area (Å²) in [7, 11) is 0. The van der Waals surface area contributed by atoms with Gasteiger partial charge in [-0.05, 0) is 43.9 Å². The lowest BCUT2D eigenvalue weighted by Crippen LogP contribution is -2.48. The van der Waals surface area contributed by atoms with Crippen molar-refractivity contribution in [3.63, 3.8) is 0 Å². The molecule has 4 nitrogen and oxygen atoms in total. The second-order valence-corrected chi connectivity index (χ2v) is 6.71. The number of alkyl carbamates (subject to hydrolysis) is 1. The van der Waals surface area contributed by atoms with E-state index in [0.29, 0.717) is 5.92 Å². The van der Waals surface area contributed by atoms with E-state index in [-0.39, 0.29) is 17.3 Å². The van der Waals surface area contributed by atoms with Crippen LogP contribution in [0.5, 0.6) is 0 Å². The number of nitrogens with one attached hydrogen (secondary N) is 1. The summed E-state index contributed by atoms with van der Waals surface area (Å²) in [5.41, 5.74) is -0.308. The molecule has 114 valence electrons. The molecule has 1 amide bonds. The Morgan fingerprint density at radius 1 is 1.45 bits per heavy atom. The van der Waals surface area contributed by atoms with Gasteiger partial charge in [0.2, 0.25) is 0 Å². The van der Waals surface area contributed by atoms with Crippen LogP contribution >= 0.6 is 0 Å². The molecule has 0 spiro atoms. The topological polar surface area (TPSA) is 55.4 Å². The normalized spacial score (nSPS) is 22.8. The molecule has 0 bridgehead atoms. The smallest absolute Gasteiger partial charge is 0.408 e. The second-order valence-electron chi connectivity index (χ2n) is 6.71. The standard InChI is InChI=1S/C16H27NO3/c1-6-7-8-9-12-10-13(12)20-15(19)17-14(11(2)18)16(3,4)5/h6,12-14H,1,7-10H2,2-5H3,(H,17,19). The van der Waals surface area contributed by atoms with E-state index in [1.54, 1.807) is 0 Å². The molecule has 1 N–H and O–H groups in total. The fourth-order valence-corrected chi connectivity index (χ4v) is 2.41. The van der Waals surface area contributed by atoms with Gasteiger partial charge in [0.15, 0.2) is 5.78 Å². The maximum atomic E-state index is 11.8. The molecule has 3 atom stereocenters. The molecule has 1 fully saturated rings. The molecule has 0 saturated heterocycles. The van der Waals surface area contributed by atoms with Crippen LogP contribution in [-0.2, 0) is 9.53 Å². The maximum Gasteiger partial charge on any atom is 0.408 e. The van der Waals surface area contributed by atoms with E-state index in [9.17, 15) is 9.59 Å². The zero-order chi connectivity index (χ0) is 15.3. The lowest BCUT2D eigenvalue weighted by molar-refractivity contribution is -0.121. The van der Waals surface area contributed by atoms with Gasteiger partial charge in [-0.1, -0.05) is 26.8 Å². The van der Waals surface area contributed by atoms with Crippen molar-refractivity contribution in [1.29, 1.82) is 0 Å². The number of rotatable bonds is 7. The Labute approximate surface area is 122 Å². The molecule has 0 aromatic rings. The summed E-state index contributed by atoms with van der Waals surface area (Å²) in [4.78, 5) is 23.4. The van der Waals surface area contributed by atoms with Gasteiger partial charge in [0, 0.05) is 0 Å². The number of ether oxygens (including phenoxy) is 1. The molecular weight excluding hydrogens is 254 g/mol. The van der Waals surface area contributed by atoms with Gasteiger partial charge < -0.3 is 10.1 Å². The Hall–Kier alpha value is -1.32. The SMILES string of the molecule is C=CCCCC1CC1OC(=O)NC(C(C)=O)C(C)(C)C. The van der Waals surface area contributed by atoms with E-state index < -0.39 is 12.1 Å². The zero-order valence-electron chi connectivity index (χ0n) is 13.1. The maximum absolute atomic E-state index is 11.8. The number of allylic oxidation sites excluding steroid dienone is 1. The van der Waals surface area contributed by atoms with Crippen molar-refractivity contribution in [2.45, 2.75) is 65.5 Å². The molecule has 0 heterocycles. The third-order valence-corrected chi connectivity index (χ3v) is 3.63. The summed E-state index contributed by atoms with van der Waals surface area (Å²) >= 11 is 0. The largest absolute Gasteiger partial charge is 0.446 e. The summed E-state index contributed by atoms with van der Waals surface area (Å²) in [5.74, 6) is 0.430. The van der Waals surface area contributed by atoms with Crippen LogP contribution in [0.25, 0.3) is 0 Å². The Morgan fingerprint density at radius 2 is 2.10 bits per heavy atom. The van der Waals surface area contributed by atoms with Crippen LogP contribution in [0.2, 0.25) is 0 Å².